The highest BCUT2D eigenvalue weighted by Gasteiger charge is 2.15. The molecule has 0 aliphatic carbocycles. The number of carbonyl (C=O) groups is 1. The van der Waals surface area contributed by atoms with Gasteiger partial charge in [-0.1, -0.05) is 6.07 Å². The molecule has 0 radical (unpaired) electrons. The maximum atomic E-state index is 12.2. The molecule has 1 fully saturated rings. The van der Waals surface area contributed by atoms with Crippen LogP contribution in [0.3, 0.4) is 0 Å². The number of anilines is 2. The predicted octanol–water partition coefficient (Wildman–Crippen LogP) is 2.39. The van der Waals surface area contributed by atoms with Crippen molar-refractivity contribution >= 4 is 23.2 Å². The van der Waals surface area contributed by atoms with Gasteiger partial charge in [0.25, 0.3) is 0 Å². The van der Waals surface area contributed by atoms with Crippen LogP contribution in [0.2, 0.25) is 0 Å². The van der Waals surface area contributed by atoms with Crippen LogP contribution in [-0.4, -0.2) is 43.8 Å². The highest BCUT2D eigenvalue weighted by Crippen LogP contribution is 2.18. The van der Waals surface area contributed by atoms with Crippen LogP contribution in [0.1, 0.15) is 37.2 Å². The fourth-order valence-corrected chi connectivity index (χ4v) is 3.31. The van der Waals surface area contributed by atoms with Crippen LogP contribution in [0.5, 0.6) is 0 Å². The number of rotatable bonds is 5. The van der Waals surface area contributed by atoms with E-state index in [0.29, 0.717) is 30.1 Å². The summed E-state index contributed by atoms with van der Waals surface area (Å²) in [5, 5.41) is 15.9. The number of hydrogen-bond acceptors (Lipinski definition) is 6. The zero-order valence-corrected chi connectivity index (χ0v) is 15.4. The van der Waals surface area contributed by atoms with Crippen LogP contribution in [0, 0.1) is 6.92 Å². The molecule has 1 amide bonds. The Bertz CT molecular complexity index is 946. The van der Waals surface area contributed by atoms with Crippen molar-refractivity contribution in [3.8, 4) is 0 Å². The van der Waals surface area contributed by atoms with E-state index in [1.807, 2.05) is 31.2 Å². The molecule has 27 heavy (non-hydrogen) atoms. The van der Waals surface area contributed by atoms with Gasteiger partial charge in [-0.2, -0.15) is 4.52 Å². The Balaban J connectivity index is 1.44. The first-order chi connectivity index (χ1) is 13.2. The van der Waals surface area contributed by atoms with Gasteiger partial charge >= 0.3 is 0 Å². The number of carbonyl (C=O) groups excluding carboxylic acids is 1. The van der Waals surface area contributed by atoms with Gasteiger partial charge in [0.05, 0.1) is 0 Å². The summed E-state index contributed by atoms with van der Waals surface area (Å²) in [7, 11) is 0. The minimum atomic E-state index is -0.1000. The Hall–Kier alpha value is -3.03. The van der Waals surface area contributed by atoms with Gasteiger partial charge in [-0.15, -0.1) is 15.3 Å². The fourth-order valence-electron chi connectivity index (χ4n) is 3.31. The van der Waals surface area contributed by atoms with E-state index >= 15 is 0 Å². The smallest absolute Gasteiger partial charge is 0.225 e. The summed E-state index contributed by atoms with van der Waals surface area (Å²) in [6.07, 6.45) is 4.44. The average molecular weight is 365 g/mol. The Labute approximate surface area is 157 Å². The van der Waals surface area contributed by atoms with Gasteiger partial charge in [0.15, 0.2) is 11.5 Å². The molecular weight excluding hydrogens is 342 g/mol. The van der Waals surface area contributed by atoms with Crippen molar-refractivity contribution in [1.29, 1.82) is 0 Å². The topological polar surface area (TPSA) is 88.3 Å². The number of amides is 1. The molecule has 4 heterocycles. The van der Waals surface area contributed by atoms with E-state index in [0.717, 1.165) is 24.6 Å². The number of aromatic nitrogens is 5. The molecule has 8 heteroatoms. The van der Waals surface area contributed by atoms with Crippen LogP contribution in [0.15, 0.2) is 30.3 Å². The molecule has 3 aromatic heterocycles. The Morgan fingerprint density at radius 1 is 1.11 bits per heavy atom. The molecule has 0 spiro atoms. The van der Waals surface area contributed by atoms with Crippen LogP contribution in [-0.2, 0) is 11.2 Å². The SMILES string of the molecule is Cc1cccc(NC(=O)CCc2nnc3ccc(N4CCCCC4)nn23)n1. The zero-order chi connectivity index (χ0) is 18.6. The summed E-state index contributed by atoms with van der Waals surface area (Å²) >= 11 is 0. The zero-order valence-electron chi connectivity index (χ0n) is 15.4. The molecule has 0 bridgehead atoms. The minimum Gasteiger partial charge on any atom is -0.355 e. The highest BCUT2D eigenvalue weighted by atomic mass is 16.1. The van der Waals surface area contributed by atoms with Gasteiger partial charge in [0, 0.05) is 31.6 Å². The highest BCUT2D eigenvalue weighted by molar-refractivity contribution is 5.89. The standard InChI is InChI=1S/C19H23N7O/c1-14-6-5-7-15(20-14)21-19(27)11-10-17-23-22-16-8-9-18(24-26(16)17)25-12-3-2-4-13-25/h5-9H,2-4,10-13H2,1H3,(H,20,21,27). The number of pyridine rings is 1. The monoisotopic (exact) mass is 365 g/mol. The predicted molar refractivity (Wildman–Crippen MR) is 103 cm³/mol. The second kappa shape index (κ2) is 7.69. The van der Waals surface area contributed by atoms with Crippen molar-refractivity contribution in [2.24, 2.45) is 0 Å². The number of hydrogen-bond donors (Lipinski definition) is 1. The quantitative estimate of drug-likeness (QED) is 0.747. The fraction of sp³-hybridized carbons (Fsp3) is 0.421. The molecule has 0 saturated carbocycles. The molecule has 3 aromatic rings. The Morgan fingerprint density at radius 2 is 1.96 bits per heavy atom. The van der Waals surface area contributed by atoms with Crippen molar-refractivity contribution in [3.63, 3.8) is 0 Å². The van der Waals surface area contributed by atoms with Crippen molar-refractivity contribution < 1.29 is 4.79 Å². The number of nitrogens with zero attached hydrogens (tertiary/aromatic N) is 6. The first-order valence-corrected chi connectivity index (χ1v) is 9.39. The number of nitrogens with one attached hydrogen (secondary N) is 1. The summed E-state index contributed by atoms with van der Waals surface area (Å²) in [5.41, 5.74) is 1.57. The summed E-state index contributed by atoms with van der Waals surface area (Å²) in [4.78, 5) is 18.8. The lowest BCUT2D eigenvalue weighted by Crippen LogP contribution is -2.30. The molecule has 1 aliphatic rings. The summed E-state index contributed by atoms with van der Waals surface area (Å²) < 4.78 is 1.75. The molecule has 0 aromatic carbocycles. The van der Waals surface area contributed by atoms with Crippen molar-refractivity contribution in [3.05, 3.63) is 41.9 Å². The van der Waals surface area contributed by atoms with E-state index in [-0.39, 0.29) is 5.91 Å². The Kier molecular flexibility index (Phi) is 4.95. The lowest BCUT2D eigenvalue weighted by Gasteiger charge is -2.27. The largest absolute Gasteiger partial charge is 0.355 e. The van der Waals surface area contributed by atoms with Gasteiger partial charge in [-0.3, -0.25) is 4.79 Å². The first kappa shape index (κ1) is 17.4. The van der Waals surface area contributed by atoms with Gasteiger partial charge in [0.1, 0.15) is 11.6 Å². The second-order valence-electron chi connectivity index (χ2n) is 6.84. The number of aryl methyl sites for hydroxylation is 2. The van der Waals surface area contributed by atoms with Gasteiger partial charge in [0.2, 0.25) is 5.91 Å². The molecule has 4 rings (SSSR count). The Morgan fingerprint density at radius 3 is 2.78 bits per heavy atom. The van der Waals surface area contributed by atoms with Crippen molar-refractivity contribution in [1.82, 2.24) is 24.8 Å². The van der Waals surface area contributed by atoms with Crippen LogP contribution < -0.4 is 10.2 Å². The van der Waals surface area contributed by atoms with E-state index in [2.05, 4.69) is 25.4 Å². The van der Waals surface area contributed by atoms with Crippen LogP contribution >= 0.6 is 0 Å². The third-order valence-electron chi connectivity index (χ3n) is 4.72. The summed E-state index contributed by atoms with van der Waals surface area (Å²) in [6, 6.07) is 9.48. The maximum Gasteiger partial charge on any atom is 0.225 e. The summed E-state index contributed by atoms with van der Waals surface area (Å²) in [5.74, 6) is 2.10. The second-order valence-corrected chi connectivity index (χ2v) is 6.84. The van der Waals surface area contributed by atoms with E-state index < -0.39 is 0 Å². The lowest BCUT2D eigenvalue weighted by molar-refractivity contribution is -0.116. The third kappa shape index (κ3) is 4.05. The van der Waals surface area contributed by atoms with Crippen molar-refractivity contribution in [2.45, 2.75) is 39.0 Å². The molecule has 8 nitrogen and oxygen atoms in total. The van der Waals surface area contributed by atoms with E-state index in [9.17, 15) is 4.79 Å². The number of fused-ring (bicyclic) bond motifs is 1. The van der Waals surface area contributed by atoms with Gasteiger partial charge in [-0.05, 0) is 50.5 Å². The molecule has 0 atom stereocenters. The van der Waals surface area contributed by atoms with E-state index in [4.69, 9.17) is 5.10 Å². The maximum absolute atomic E-state index is 12.2. The average Bonchev–Trinajstić information content (AvgIpc) is 3.09. The van der Waals surface area contributed by atoms with Gasteiger partial charge < -0.3 is 10.2 Å². The molecule has 140 valence electrons. The molecule has 1 saturated heterocycles. The van der Waals surface area contributed by atoms with E-state index in [1.165, 1.54) is 19.3 Å². The lowest BCUT2D eigenvalue weighted by atomic mass is 10.1. The molecule has 1 N–H and O–H groups in total. The van der Waals surface area contributed by atoms with Crippen molar-refractivity contribution in [2.75, 3.05) is 23.3 Å². The van der Waals surface area contributed by atoms with Crippen LogP contribution in [0.25, 0.3) is 5.65 Å². The minimum absolute atomic E-state index is 0.1000. The number of piperidine rings is 1. The third-order valence-corrected chi connectivity index (χ3v) is 4.72. The summed E-state index contributed by atoms with van der Waals surface area (Å²) in [6.45, 7) is 3.95. The molecule has 0 unspecified atom stereocenters. The van der Waals surface area contributed by atoms with E-state index in [1.54, 1.807) is 10.6 Å². The first-order valence-electron chi connectivity index (χ1n) is 9.39. The molecular formula is C19H23N7O. The molecule has 1 aliphatic heterocycles. The van der Waals surface area contributed by atoms with Gasteiger partial charge in [-0.25, -0.2) is 4.98 Å². The normalized spacial score (nSPS) is 14.5. The van der Waals surface area contributed by atoms with Crippen LogP contribution in [0.4, 0.5) is 11.6 Å².